The van der Waals surface area contributed by atoms with Gasteiger partial charge in [-0.05, 0) is 85.7 Å². The monoisotopic (exact) mass is 639 g/mol. The van der Waals surface area contributed by atoms with E-state index in [-0.39, 0.29) is 11.7 Å². The summed E-state index contributed by atoms with van der Waals surface area (Å²) in [7, 11) is -4.25. The summed E-state index contributed by atoms with van der Waals surface area (Å²) in [4.78, 5) is 17.3. The molecule has 2 saturated heterocycles. The van der Waals surface area contributed by atoms with E-state index >= 15 is 0 Å². The quantitative estimate of drug-likeness (QED) is 0.339. The fourth-order valence-corrected chi connectivity index (χ4v) is 8.78. The molecule has 3 fully saturated rings. The highest BCUT2D eigenvalue weighted by Gasteiger charge is 2.60. The Labute approximate surface area is 261 Å². The number of benzene rings is 3. The van der Waals surface area contributed by atoms with Gasteiger partial charge in [0.2, 0.25) is 16.8 Å². The Hall–Kier alpha value is -3.74. The molecule has 4 aliphatic rings. The van der Waals surface area contributed by atoms with Gasteiger partial charge in [-0.1, -0.05) is 24.3 Å². The number of ether oxygens (including phenoxy) is 3. The molecule has 7 rings (SSSR count). The predicted molar refractivity (Wildman–Crippen MR) is 160 cm³/mol. The van der Waals surface area contributed by atoms with Gasteiger partial charge in [-0.3, -0.25) is 4.90 Å². The van der Waals surface area contributed by atoms with Crippen LogP contribution in [0.5, 0.6) is 11.5 Å². The van der Waals surface area contributed by atoms with Gasteiger partial charge < -0.3 is 19.1 Å². The minimum atomic E-state index is -4.25. The second-order valence-electron chi connectivity index (χ2n) is 12.2. The largest absolute Gasteiger partial charge is 0.454 e. The Kier molecular flexibility index (Phi) is 7.91. The molecule has 3 aliphatic heterocycles. The number of amides is 1. The van der Waals surface area contributed by atoms with Crippen LogP contribution in [0, 0.1) is 11.6 Å². The third kappa shape index (κ3) is 5.98. The van der Waals surface area contributed by atoms with E-state index in [1.807, 2.05) is 18.2 Å². The van der Waals surface area contributed by atoms with Crippen molar-refractivity contribution in [1.29, 1.82) is 0 Å². The Morgan fingerprint density at radius 1 is 0.889 bits per heavy atom. The summed E-state index contributed by atoms with van der Waals surface area (Å²) in [6.45, 7) is 3.19. The van der Waals surface area contributed by atoms with Crippen molar-refractivity contribution in [3.63, 3.8) is 0 Å². The zero-order chi connectivity index (χ0) is 31.2. The molecule has 2 atom stereocenters. The predicted octanol–water partition coefficient (Wildman–Crippen LogP) is 5.47. The smallest absolute Gasteiger partial charge is 0.410 e. The molecule has 3 aromatic rings. The first-order valence-corrected chi connectivity index (χ1v) is 16.8. The fraction of sp³-hybridized carbons (Fsp3) is 0.424. The average Bonchev–Trinajstić information content (AvgIpc) is 3.67. The summed E-state index contributed by atoms with van der Waals surface area (Å²) < 4.78 is 75.5. The maximum Gasteiger partial charge on any atom is 0.410 e. The number of fused-ring (bicyclic) bond motifs is 1. The van der Waals surface area contributed by atoms with Crippen LogP contribution in [0.25, 0.3) is 0 Å². The lowest BCUT2D eigenvalue weighted by Gasteiger charge is -2.45. The highest BCUT2D eigenvalue weighted by atomic mass is 32.2. The lowest BCUT2D eigenvalue weighted by atomic mass is 9.90. The maximum atomic E-state index is 14.3. The molecular weight excluding hydrogens is 604 g/mol. The molecule has 0 N–H and O–H groups in total. The van der Waals surface area contributed by atoms with Gasteiger partial charge in [-0.25, -0.2) is 22.0 Å². The van der Waals surface area contributed by atoms with Crippen molar-refractivity contribution in [3.05, 3.63) is 89.5 Å². The van der Waals surface area contributed by atoms with Crippen molar-refractivity contribution < 1.29 is 36.2 Å². The van der Waals surface area contributed by atoms with E-state index in [0.29, 0.717) is 70.4 Å². The van der Waals surface area contributed by atoms with E-state index in [1.54, 1.807) is 17.0 Å². The van der Waals surface area contributed by atoms with Gasteiger partial charge in [0.15, 0.2) is 11.5 Å². The summed E-state index contributed by atoms with van der Waals surface area (Å²) in [5.74, 6) is 0.336. The van der Waals surface area contributed by atoms with Gasteiger partial charge in [0.1, 0.15) is 17.2 Å². The van der Waals surface area contributed by atoms with E-state index in [4.69, 9.17) is 14.2 Å². The van der Waals surface area contributed by atoms with Gasteiger partial charge in [0.25, 0.3) is 0 Å². The van der Waals surface area contributed by atoms with Crippen molar-refractivity contribution in [2.75, 3.05) is 33.0 Å². The number of hydrogen-bond donors (Lipinski definition) is 0. The summed E-state index contributed by atoms with van der Waals surface area (Å²) in [6.07, 6.45) is 2.16. The Bertz CT molecular complexity index is 1690. The topological polar surface area (TPSA) is 88.6 Å². The first-order chi connectivity index (χ1) is 21.7. The van der Waals surface area contributed by atoms with Gasteiger partial charge >= 0.3 is 6.09 Å². The van der Waals surface area contributed by atoms with Crippen LogP contribution >= 0.6 is 0 Å². The lowest BCUT2D eigenvalue weighted by Crippen LogP contribution is -2.55. The Morgan fingerprint density at radius 2 is 1.62 bits per heavy atom. The minimum Gasteiger partial charge on any atom is -0.454 e. The fourth-order valence-electron chi connectivity index (χ4n) is 6.83. The number of nitrogens with zero attached hydrogens (tertiary/aromatic N) is 3. The minimum absolute atomic E-state index is 0.184. The van der Waals surface area contributed by atoms with E-state index in [0.717, 1.165) is 23.1 Å². The van der Waals surface area contributed by atoms with Gasteiger partial charge in [-0.15, -0.1) is 0 Å². The number of rotatable bonds is 7. The second kappa shape index (κ2) is 11.9. The average molecular weight is 640 g/mol. The van der Waals surface area contributed by atoms with Crippen molar-refractivity contribution >= 4 is 16.1 Å². The van der Waals surface area contributed by atoms with Crippen LogP contribution < -0.4 is 9.47 Å². The van der Waals surface area contributed by atoms with E-state index < -0.39 is 45.4 Å². The molecule has 0 spiro atoms. The Balaban J connectivity index is 1.08. The normalized spacial score (nSPS) is 23.1. The van der Waals surface area contributed by atoms with E-state index in [1.165, 1.54) is 34.6 Å². The number of carbonyl (C=O) groups is 1. The van der Waals surface area contributed by atoms with Crippen LogP contribution in [-0.2, 0) is 21.3 Å². The summed E-state index contributed by atoms with van der Waals surface area (Å²) in [5.41, 5.74) is 0.602. The van der Waals surface area contributed by atoms with Gasteiger partial charge in [0, 0.05) is 32.7 Å². The summed E-state index contributed by atoms with van der Waals surface area (Å²) in [6, 6.07) is 15.4. The number of piperidine rings is 1. The van der Waals surface area contributed by atoms with Crippen LogP contribution in [-0.4, -0.2) is 73.2 Å². The van der Waals surface area contributed by atoms with Crippen LogP contribution in [0.1, 0.15) is 49.3 Å². The molecule has 238 valence electrons. The molecule has 45 heavy (non-hydrogen) atoms. The second-order valence-corrected chi connectivity index (χ2v) is 14.0. The number of carbonyl (C=O) groups excluding carboxylic acids is 1. The molecule has 0 bridgehead atoms. The van der Waals surface area contributed by atoms with Crippen molar-refractivity contribution in [2.24, 2.45) is 0 Å². The standard InChI is InChI=1S/C33H35F2N3O6S/c34-25-5-1-4-24(19-25)28-8-3-9-31(38(28)45(40,41)27-7-2-6-26(35)20-27)33(12-13-33)44-32(39)37-16-14-36(15-17-37)21-23-10-11-29-30(18-23)43-22-42-29/h1-2,4-7,10-11,18-20,28,31H,3,8-9,12-17,21-22H2/t28-,31+/m0/s1. The molecule has 3 aromatic carbocycles. The zero-order valence-corrected chi connectivity index (χ0v) is 25.6. The molecule has 3 heterocycles. The van der Waals surface area contributed by atoms with Crippen molar-refractivity contribution in [1.82, 2.24) is 14.1 Å². The SMILES string of the molecule is O=C(OC1([C@H]2CCC[C@@H](c3cccc(F)c3)N2S(=O)(=O)c2cccc(F)c2)CC1)N1CCN(Cc2ccc3c(c2)OCO3)CC1. The molecule has 1 saturated carbocycles. The first-order valence-electron chi connectivity index (χ1n) is 15.4. The van der Waals surface area contributed by atoms with Gasteiger partial charge in [-0.2, -0.15) is 4.31 Å². The van der Waals surface area contributed by atoms with Crippen LogP contribution in [0.3, 0.4) is 0 Å². The molecule has 0 unspecified atom stereocenters. The third-order valence-corrected chi connectivity index (χ3v) is 11.2. The molecule has 12 heteroatoms. The van der Waals surface area contributed by atoms with Crippen molar-refractivity contribution in [3.8, 4) is 11.5 Å². The Morgan fingerprint density at radius 3 is 2.36 bits per heavy atom. The molecule has 1 amide bonds. The summed E-state index contributed by atoms with van der Waals surface area (Å²) in [5, 5.41) is 0. The van der Waals surface area contributed by atoms with Crippen LogP contribution in [0.2, 0.25) is 0 Å². The number of halogens is 2. The molecule has 0 aromatic heterocycles. The number of piperazine rings is 1. The first kappa shape index (κ1) is 29.9. The highest BCUT2D eigenvalue weighted by molar-refractivity contribution is 7.89. The number of hydrogen-bond acceptors (Lipinski definition) is 7. The van der Waals surface area contributed by atoms with E-state index in [9.17, 15) is 22.0 Å². The van der Waals surface area contributed by atoms with Crippen molar-refractivity contribution in [2.45, 2.75) is 61.2 Å². The lowest BCUT2D eigenvalue weighted by molar-refractivity contribution is -0.0143. The van der Waals surface area contributed by atoms with Gasteiger partial charge in [0.05, 0.1) is 17.0 Å². The maximum absolute atomic E-state index is 14.3. The zero-order valence-electron chi connectivity index (χ0n) is 24.7. The van der Waals surface area contributed by atoms with E-state index in [2.05, 4.69) is 4.90 Å². The summed E-state index contributed by atoms with van der Waals surface area (Å²) >= 11 is 0. The molecule has 9 nitrogen and oxygen atoms in total. The van der Waals surface area contributed by atoms with Crippen LogP contribution in [0.15, 0.2) is 71.6 Å². The number of sulfonamides is 1. The third-order valence-electron chi connectivity index (χ3n) is 9.29. The van der Waals surface area contributed by atoms with Crippen LogP contribution in [0.4, 0.5) is 13.6 Å². The molecule has 0 radical (unpaired) electrons. The molecular formula is C33H35F2N3O6S. The highest BCUT2D eigenvalue weighted by Crippen LogP contribution is 2.52. The molecule has 1 aliphatic carbocycles.